The van der Waals surface area contributed by atoms with Crippen molar-refractivity contribution in [1.29, 1.82) is 0 Å². The van der Waals surface area contributed by atoms with Gasteiger partial charge in [0.1, 0.15) is 5.76 Å². The van der Waals surface area contributed by atoms with Crippen molar-refractivity contribution < 1.29 is 28.2 Å². The highest BCUT2D eigenvalue weighted by atomic mass is 16.5. The first-order valence-electron chi connectivity index (χ1n) is 8.80. The van der Waals surface area contributed by atoms with Crippen LogP contribution in [0.15, 0.2) is 53.2 Å². The van der Waals surface area contributed by atoms with E-state index < -0.39 is 18.5 Å². The normalized spacial score (nSPS) is 10.4. The molecule has 1 N–H and O–H groups in total. The molecule has 29 heavy (non-hydrogen) atoms. The fraction of sp³-hybridized carbons (Fsp3) is 0.250. The van der Waals surface area contributed by atoms with Crippen LogP contribution in [-0.4, -0.2) is 42.5 Å². The van der Waals surface area contributed by atoms with E-state index in [2.05, 4.69) is 10.4 Å². The van der Waals surface area contributed by atoms with Crippen molar-refractivity contribution in [3.63, 3.8) is 0 Å². The summed E-state index contributed by atoms with van der Waals surface area (Å²) in [6.07, 6.45) is 3.43. The fourth-order valence-electron chi connectivity index (χ4n) is 2.57. The molecule has 0 aliphatic rings. The number of carbonyl (C=O) groups is 2. The van der Waals surface area contributed by atoms with Gasteiger partial charge in [0.2, 0.25) is 5.76 Å². The molecule has 9 nitrogen and oxygen atoms in total. The lowest BCUT2D eigenvalue weighted by molar-refractivity contribution is -0.124. The van der Waals surface area contributed by atoms with Gasteiger partial charge in [-0.1, -0.05) is 6.07 Å². The molecule has 2 heterocycles. The zero-order valence-electron chi connectivity index (χ0n) is 16.1. The molecule has 0 saturated heterocycles. The molecule has 0 bridgehead atoms. The van der Waals surface area contributed by atoms with Gasteiger partial charge in [-0.3, -0.25) is 9.48 Å². The molecule has 0 aliphatic heterocycles. The zero-order chi connectivity index (χ0) is 20.6. The first kappa shape index (κ1) is 20.0. The third kappa shape index (κ3) is 5.38. The van der Waals surface area contributed by atoms with Crippen LogP contribution in [0, 0.1) is 0 Å². The second kappa shape index (κ2) is 9.45. The van der Waals surface area contributed by atoms with E-state index in [9.17, 15) is 9.59 Å². The molecule has 3 rings (SSSR count). The number of hydrogen-bond acceptors (Lipinski definition) is 7. The van der Waals surface area contributed by atoms with E-state index >= 15 is 0 Å². The summed E-state index contributed by atoms with van der Waals surface area (Å²) in [4.78, 5) is 24.0. The van der Waals surface area contributed by atoms with E-state index in [1.807, 2.05) is 0 Å². The Hall–Kier alpha value is -3.75. The zero-order valence-corrected chi connectivity index (χ0v) is 16.1. The van der Waals surface area contributed by atoms with Crippen LogP contribution >= 0.6 is 0 Å². The van der Waals surface area contributed by atoms with Crippen LogP contribution in [0.5, 0.6) is 11.5 Å². The molecule has 3 aromatic rings. The van der Waals surface area contributed by atoms with Gasteiger partial charge >= 0.3 is 5.97 Å². The predicted molar refractivity (Wildman–Crippen MR) is 102 cm³/mol. The third-order valence-corrected chi connectivity index (χ3v) is 4.01. The van der Waals surface area contributed by atoms with E-state index in [4.69, 9.17) is 18.6 Å². The van der Waals surface area contributed by atoms with Gasteiger partial charge in [-0.25, -0.2) is 4.79 Å². The van der Waals surface area contributed by atoms with Crippen LogP contribution in [-0.2, 0) is 22.6 Å². The molecule has 0 atom stereocenters. The number of nitrogens with one attached hydrogen (secondary N) is 1. The second-order valence-corrected chi connectivity index (χ2v) is 6.01. The maximum absolute atomic E-state index is 12.0. The first-order valence-corrected chi connectivity index (χ1v) is 8.80. The summed E-state index contributed by atoms with van der Waals surface area (Å²) < 4.78 is 22.5. The lowest BCUT2D eigenvalue weighted by Gasteiger charge is -2.10. The van der Waals surface area contributed by atoms with Gasteiger partial charge in [-0.05, 0) is 35.9 Å². The fourth-order valence-corrected chi connectivity index (χ4v) is 2.57. The van der Waals surface area contributed by atoms with Crippen LogP contribution < -0.4 is 14.8 Å². The third-order valence-electron chi connectivity index (χ3n) is 4.01. The Morgan fingerprint density at radius 2 is 1.97 bits per heavy atom. The number of rotatable bonds is 9. The minimum absolute atomic E-state index is 0.0276. The summed E-state index contributed by atoms with van der Waals surface area (Å²) >= 11 is 0. The van der Waals surface area contributed by atoms with Crippen molar-refractivity contribution in [3.05, 3.63) is 65.9 Å². The predicted octanol–water partition coefficient (Wildman–Crippen LogP) is 2.01. The largest absolute Gasteiger partial charge is 0.493 e. The highest BCUT2D eigenvalue weighted by Crippen LogP contribution is 2.27. The first-order chi connectivity index (χ1) is 14.1. The number of amides is 1. The Morgan fingerprint density at radius 3 is 2.69 bits per heavy atom. The summed E-state index contributed by atoms with van der Waals surface area (Å²) in [7, 11) is 3.09. The Morgan fingerprint density at radius 1 is 1.14 bits per heavy atom. The Labute approximate surface area is 167 Å². The number of ether oxygens (including phenoxy) is 3. The maximum atomic E-state index is 12.0. The van der Waals surface area contributed by atoms with Crippen molar-refractivity contribution in [2.75, 3.05) is 20.8 Å². The average molecular weight is 399 g/mol. The standard InChI is InChI=1S/C20H21N3O6/c1-26-16-6-4-14(10-18(16)27-2)11-21-19(24)13-28-20(25)17-7-5-15(29-17)12-23-9-3-8-22-23/h3-10H,11-13H2,1-2H3,(H,21,24). The van der Waals surface area contributed by atoms with E-state index in [0.29, 0.717) is 23.8 Å². The molecular weight excluding hydrogens is 378 g/mol. The molecule has 1 aromatic carbocycles. The summed E-state index contributed by atoms with van der Waals surface area (Å²) in [5.41, 5.74) is 0.816. The number of furan rings is 1. The number of esters is 1. The SMILES string of the molecule is COc1ccc(CNC(=O)COC(=O)c2ccc(Cn3cccn3)o2)cc1OC. The van der Waals surface area contributed by atoms with Gasteiger partial charge in [0.15, 0.2) is 18.1 Å². The topological polar surface area (TPSA) is 105 Å². The lowest BCUT2D eigenvalue weighted by atomic mass is 10.2. The van der Waals surface area contributed by atoms with E-state index in [1.54, 1.807) is 54.5 Å². The quantitative estimate of drug-likeness (QED) is 0.549. The van der Waals surface area contributed by atoms with Gasteiger partial charge < -0.3 is 23.9 Å². The van der Waals surface area contributed by atoms with Crippen molar-refractivity contribution in [1.82, 2.24) is 15.1 Å². The molecule has 1 amide bonds. The van der Waals surface area contributed by atoms with Crippen LogP contribution in [0.2, 0.25) is 0 Å². The second-order valence-electron chi connectivity index (χ2n) is 6.01. The number of benzene rings is 1. The number of carbonyl (C=O) groups excluding carboxylic acids is 2. The summed E-state index contributed by atoms with van der Waals surface area (Å²) in [6, 6.07) is 10.3. The summed E-state index contributed by atoms with van der Waals surface area (Å²) in [5.74, 6) is 0.601. The monoisotopic (exact) mass is 399 g/mol. The number of methoxy groups -OCH3 is 2. The Kier molecular flexibility index (Phi) is 6.51. The van der Waals surface area contributed by atoms with Crippen LogP contribution in [0.4, 0.5) is 0 Å². The van der Waals surface area contributed by atoms with Crippen LogP contribution in [0.3, 0.4) is 0 Å². The minimum atomic E-state index is -0.710. The summed E-state index contributed by atoms with van der Waals surface area (Å²) in [5, 5.41) is 6.74. The maximum Gasteiger partial charge on any atom is 0.374 e. The van der Waals surface area contributed by atoms with Crippen molar-refractivity contribution in [2.45, 2.75) is 13.1 Å². The molecule has 0 radical (unpaired) electrons. The van der Waals surface area contributed by atoms with Gasteiger partial charge in [0, 0.05) is 18.9 Å². The lowest BCUT2D eigenvalue weighted by Crippen LogP contribution is -2.28. The van der Waals surface area contributed by atoms with Crippen LogP contribution in [0.1, 0.15) is 21.9 Å². The van der Waals surface area contributed by atoms with E-state index in [-0.39, 0.29) is 12.3 Å². The Balaban J connectivity index is 1.45. The molecule has 0 spiro atoms. The Bertz CT molecular complexity index is 965. The molecule has 152 valence electrons. The summed E-state index contributed by atoms with van der Waals surface area (Å²) in [6.45, 7) is 0.235. The van der Waals surface area contributed by atoms with Gasteiger partial charge in [0.05, 0.1) is 20.8 Å². The smallest absolute Gasteiger partial charge is 0.374 e. The van der Waals surface area contributed by atoms with Gasteiger partial charge in [-0.15, -0.1) is 0 Å². The van der Waals surface area contributed by atoms with E-state index in [0.717, 1.165) is 5.56 Å². The molecule has 0 fully saturated rings. The van der Waals surface area contributed by atoms with E-state index in [1.165, 1.54) is 13.2 Å². The highest BCUT2D eigenvalue weighted by molar-refractivity contribution is 5.88. The van der Waals surface area contributed by atoms with Crippen molar-refractivity contribution >= 4 is 11.9 Å². The van der Waals surface area contributed by atoms with Gasteiger partial charge in [-0.2, -0.15) is 5.10 Å². The highest BCUT2D eigenvalue weighted by Gasteiger charge is 2.15. The minimum Gasteiger partial charge on any atom is -0.493 e. The van der Waals surface area contributed by atoms with Crippen molar-refractivity contribution in [2.24, 2.45) is 0 Å². The van der Waals surface area contributed by atoms with Crippen molar-refractivity contribution in [3.8, 4) is 11.5 Å². The molecule has 0 unspecified atom stereocenters. The molecule has 9 heteroatoms. The molecule has 0 aliphatic carbocycles. The molecular formula is C20H21N3O6. The molecule has 2 aromatic heterocycles. The molecule has 0 saturated carbocycles. The average Bonchev–Trinajstić information content (AvgIpc) is 3.42. The van der Waals surface area contributed by atoms with Gasteiger partial charge in [0.25, 0.3) is 5.91 Å². The number of hydrogen-bond donors (Lipinski definition) is 1. The number of nitrogens with zero attached hydrogens (tertiary/aromatic N) is 2. The number of aromatic nitrogens is 2. The van der Waals surface area contributed by atoms with Crippen LogP contribution in [0.25, 0.3) is 0 Å².